The van der Waals surface area contributed by atoms with Gasteiger partial charge < -0.3 is 5.32 Å². The number of anilines is 1. The van der Waals surface area contributed by atoms with E-state index in [2.05, 4.69) is 11.4 Å². The van der Waals surface area contributed by atoms with Crippen molar-refractivity contribution in [2.24, 2.45) is 0 Å². The standard InChI is InChI=1S/C10H12NO/c1-7-4-5-8(2)10(6-7)11-9(3)12/h5-6H,1-3H3,(H,11,12). The Kier molecular flexibility index (Phi) is 2.48. The maximum Gasteiger partial charge on any atom is 0.221 e. The second-order valence-corrected chi connectivity index (χ2v) is 2.89. The van der Waals surface area contributed by atoms with Crippen LogP contribution in [0.15, 0.2) is 12.1 Å². The molecule has 2 nitrogen and oxygen atoms in total. The van der Waals surface area contributed by atoms with E-state index in [9.17, 15) is 4.79 Å². The molecule has 1 radical (unpaired) electrons. The van der Waals surface area contributed by atoms with Crippen molar-refractivity contribution in [1.82, 2.24) is 0 Å². The van der Waals surface area contributed by atoms with Crippen LogP contribution in [0.1, 0.15) is 18.1 Å². The lowest BCUT2D eigenvalue weighted by Gasteiger charge is -2.06. The first-order chi connectivity index (χ1) is 5.59. The lowest BCUT2D eigenvalue weighted by atomic mass is 10.1. The molecule has 1 aromatic carbocycles. The lowest BCUT2D eigenvalue weighted by molar-refractivity contribution is -0.114. The van der Waals surface area contributed by atoms with Gasteiger partial charge in [-0.1, -0.05) is 0 Å². The summed E-state index contributed by atoms with van der Waals surface area (Å²) in [6, 6.07) is 6.85. The van der Waals surface area contributed by atoms with Crippen LogP contribution in [0, 0.1) is 19.9 Å². The van der Waals surface area contributed by atoms with E-state index in [1.54, 1.807) is 0 Å². The molecule has 0 fully saturated rings. The summed E-state index contributed by atoms with van der Waals surface area (Å²) in [4.78, 5) is 10.8. The second kappa shape index (κ2) is 3.39. The Bertz CT molecular complexity index is 305. The first-order valence-corrected chi connectivity index (χ1v) is 3.86. The summed E-state index contributed by atoms with van der Waals surface area (Å²) < 4.78 is 0. The summed E-state index contributed by atoms with van der Waals surface area (Å²) in [7, 11) is 0. The van der Waals surface area contributed by atoms with Gasteiger partial charge in [-0.3, -0.25) is 4.79 Å². The normalized spacial score (nSPS) is 9.58. The number of hydrogen-bond donors (Lipinski definition) is 1. The third-order valence-electron chi connectivity index (χ3n) is 1.61. The van der Waals surface area contributed by atoms with Gasteiger partial charge in [0.2, 0.25) is 5.91 Å². The van der Waals surface area contributed by atoms with Gasteiger partial charge in [-0.05, 0) is 43.2 Å². The fourth-order valence-corrected chi connectivity index (χ4v) is 0.996. The molecule has 0 aliphatic heterocycles. The minimum Gasteiger partial charge on any atom is -0.326 e. The molecule has 0 saturated carbocycles. The molecule has 0 heterocycles. The van der Waals surface area contributed by atoms with Crippen molar-refractivity contribution in [2.75, 3.05) is 5.32 Å². The van der Waals surface area contributed by atoms with E-state index in [1.165, 1.54) is 6.92 Å². The van der Waals surface area contributed by atoms with E-state index >= 15 is 0 Å². The van der Waals surface area contributed by atoms with Crippen LogP contribution in [0.25, 0.3) is 0 Å². The Morgan fingerprint density at radius 1 is 1.50 bits per heavy atom. The Morgan fingerprint density at radius 2 is 2.17 bits per heavy atom. The molecule has 1 rings (SSSR count). The van der Waals surface area contributed by atoms with Gasteiger partial charge in [0.25, 0.3) is 0 Å². The summed E-state index contributed by atoms with van der Waals surface area (Å²) >= 11 is 0. The number of carbonyl (C=O) groups is 1. The van der Waals surface area contributed by atoms with E-state index in [4.69, 9.17) is 0 Å². The zero-order valence-electron chi connectivity index (χ0n) is 7.56. The van der Waals surface area contributed by atoms with Gasteiger partial charge >= 0.3 is 0 Å². The summed E-state index contributed by atoms with van der Waals surface area (Å²) in [5.74, 6) is -0.0382. The molecule has 2 heteroatoms. The first-order valence-electron chi connectivity index (χ1n) is 3.86. The number of hydrogen-bond acceptors (Lipinski definition) is 1. The predicted molar refractivity (Wildman–Crippen MR) is 49.1 cm³/mol. The van der Waals surface area contributed by atoms with E-state index in [-0.39, 0.29) is 5.91 Å². The SMILES string of the molecule is CC(=O)Nc1cc(C)[c]cc1C. The summed E-state index contributed by atoms with van der Waals surface area (Å²) in [5.41, 5.74) is 2.94. The van der Waals surface area contributed by atoms with Gasteiger partial charge in [0.15, 0.2) is 0 Å². The van der Waals surface area contributed by atoms with Gasteiger partial charge in [-0.15, -0.1) is 0 Å². The Hall–Kier alpha value is -1.31. The molecular formula is C10H12NO. The third kappa shape index (κ3) is 2.09. The minimum absolute atomic E-state index is 0.0382. The first kappa shape index (κ1) is 8.78. The number of rotatable bonds is 1. The molecule has 0 aromatic heterocycles. The molecule has 1 N–H and O–H groups in total. The molecular weight excluding hydrogens is 150 g/mol. The largest absolute Gasteiger partial charge is 0.326 e. The molecule has 0 spiro atoms. The number of aryl methyl sites for hydroxylation is 2. The number of amides is 1. The number of carbonyl (C=O) groups excluding carboxylic acids is 1. The molecule has 0 unspecified atom stereocenters. The van der Waals surface area contributed by atoms with Crippen molar-refractivity contribution in [3.8, 4) is 0 Å². The van der Waals surface area contributed by atoms with Crippen LogP contribution in [0.2, 0.25) is 0 Å². The smallest absolute Gasteiger partial charge is 0.221 e. The summed E-state index contributed by atoms with van der Waals surface area (Å²) in [6.45, 7) is 5.40. The third-order valence-corrected chi connectivity index (χ3v) is 1.61. The molecule has 0 bridgehead atoms. The van der Waals surface area contributed by atoms with Crippen molar-refractivity contribution in [3.05, 3.63) is 29.3 Å². The van der Waals surface area contributed by atoms with Gasteiger partial charge in [0, 0.05) is 12.6 Å². The van der Waals surface area contributed by atoms with Crippen LogP contribution in [-0.2, 0) is 4.79 Å². The van der Waals surface area contributed by atoms with Crippen molar-refractivity contribution in [1.29, 1.82) is 0 Å². The maximum atomic E-state index is 10.8. The Balaban J connectivity index is 2.97. The quantitative estimate of drug-likeness (QED) is 0.672. The van der Waals surface area contributed by atoms with Crippen molar-refractivity contribution in [3.63, 3.8) is 0 Å². The highest BCUT2D eigenvalue weighted by molar-refractivity contribution is 5.89. The lowest BCUT2D eigenvalue weighted by Crippen LogP contribution is -2.07. The van der Waals surface area contributed by atoms with Crippen LogP contribution in [-0.4, -0.2) is 5.91 Å². The fourth-order valence-electron chi connectivity index (χ4n) is 0.996. The zero-order valence-corrected chi connectivity index (χ0v) is 7.56. The predicted octanol–water partition coefficient (Wildman–Crippen LogP) is 2.06. The summed E-state index contributed by atoms with van der Waals surface area (Å²) in [5, 5.41) is 2.75. The van der Waals surface area contributed by atoms with Crippen LogP contribution < -0.4 is 5.32 Å². The van der Waals surface area contributed by atoms with Gasteiger partial charge in [0.1, 0.15) is 0 Å². The van der Waals surface area contributed by atoms with E-state index in [0.29, 0.717) is 0 Å². The van der Waals surface area contributed by atoms with Gasteiger partial charge in [-0.25, -0.2) is 0 Å². The molecule has 0 aliphatic carbocycles. The maximum absolute atomic E-state index is 10.8. The van der Waals surface area contributed by atoms with Crippen molar-refractivity contribution < 1.29 is 4.79 Å². The highest BCUT2D eigenvalue weighted by atomic mass is 16.1. The Labute approximate surface area is 72.6 Å². The topological polar surface area (TPSA) is 29.1 Å². The minimum atomic E-state index is -0.0382. The van der Waals surface area contributed by atoms with E-state index in [0.717, 1.165) is 16.8 Å². The fraction of sp³-hybridized carbons (Fsp3) is 0.300. The van der Waals surface area contributed by atoms with Crippen LogP contribution >= 0.6 is 0 Å². The summed E-state index contributed by atoms with van der Waals surface area (Å²) in [6.07, 6.45) is 0. The molecule has 1 amide bonds. The highest BCUT2D eigenvalue weighted by Crippen LogP contribution is 2.15. The highest BCUT2D eigenvalue weighted by Gasteiger charge is 1.99. The van der Waals surface area contributed by atoms with Crippen molar-refractivity contribution in [2.45, 2.75) is 20.8 Å². The Morgan fingerprint density at radius 3 is 2.75 bits per heavy atom. The zero-order chi connectivity index (χ0) is 9.14. The molecule has 0 atom stereocenters. The molecule has 12 heavy (non-hydrogen) atoms. The second-order valence-electron chi connectivity index (χ2n) is 2.89. The van der Waals surface area contributed by atoms with E-state index < -0.39 is 0 Å². The number of benzene rings is 1. The van der Waals surface area contributed by atoms with Gasteiger partial charge in [-0.2, -0.15) is 0 Å². The number of nitrogens with one attached hydrogen (secondary N) is 1. The van der Waals surface area contributed by atoms with Gasteiger partial charge in [0.05, 0.1) is 0 Å². The molecule has 1 aromatic rings. The monoisotopic (exact) mass is 162 g/mol. The average Bonchev–Trinajstić information content (AvgIpc) is 1.96. The average molecular weight is 162 g/mol. The molecule has 0 aliphatic rings. The molecule has 0 saturated heterocycles. The molecule has 63 valence electrons. The van der Waals surface area contributed by atoms with E-state index in [1.807, 2.05) is 26.0 Å². The van der Waals surface area contributed by atoms with Crippen LogP contribution in [0.4, 0.5) is 5.69 Å². The van der Waals surface area contributed by atoms with Crippen LogP contribution in [0.5, 0.6) is 0 Å². The van der Waals surface area contributed by atoms with Crippen molar-refractivity contribution >= 4 is 11.6 Å². The van der Waals surface area contributed by atoms with Crippen LogP contribution in [0.3, 0.4) is 0 Å².